The van der Waals surface area contributed by atoms with Gasteiger partial charge in [0.2, 0.25) is 11.8 Å². The van der Waals surface area contributed by atoms with Crippen LogP contribution in [0.25, 0.3) is 0 Å². The molecule has 13 nitrogen and oxygen atoms in total. The van der Waals surface area contributed by atoms with Gasteiger partial charge in [0, 0.05) is 33.1 Å². The lowest BCUT2D eigenvalue weighted by molar-refractivity contribution is -0.273. The molecule has 0 bridgehead atoms. The molecule has 5 fully saturated rings. The van der Waals surface area contributed by atoms with E-state index in [1.54, 1.807) is 7.11 Å². The highest BCUT2D eigenvalue weighted by atomic mass is 16.6. The van der Waals surface area contributed by atoms with Gasteiger partial charge in [0.05, 0.1) is 32.0 Å². The van der Waals surface area contributed by atoms with Crippen LogP contribution in [0, 0.1) is 46.3 Å². The predicted octanol–water partition coefficient (Wildman–Crippen LogP) is 2.76. The second-order valence-electron chi connectivity index (χ2n) is 18.5. The van der Waals surface area contributed by atoms with E-state index in [2.05, 4.69) is 26.1 Å². The number of nitrogens with zero attached hydrogens (tertiary/aromatic N) is 1. The molecule has 6 rings (SSSR count). The van der Waals surface area contributed by atoms with Crippen molar-refractivity contribution < 1.29 is 54.4 Å². The first-order valence-electron chi connectivity index (χ1n) is 21.6. The summed E-state index contributed by atoms with van der Waals surface area (Å²) >= 11 is 0. The fourth-order valence-corrected chi connectivity index (χ4v) is 12.5. The van der Waals surface area contributed by atoms with E-state index in [1.165, 1.54) is 4.90 Å². The van der Waals surface area contributed by atoms with Crippen LogP contribution in [0.4, 0.5) is 0 Å². The summed E-state index contributed by atoms with van der Waals surface area (Å²) in [6.45, 7) is 6.98. The van der Waals surface area contributed by atoms with Crippen LogP contribution in [0.1, 0.15) is 97.0 Å². The summed E-state index contributed by atoms with van der Waals surface area (Å²) in [6, 6.07) is 6.59. The van der Waals surface area contributed by atoms with E-state index in [0.717, 1.165) is 56.9 Å². The second kappa shape index (κ2) is 19.0. The highest BCUT2D eigenvalue weighted by Gasteiger charge is 2.64. The van der Waals surface area contributed by atoms with Gasteiger partial charge in [0.1, 0.15) is 30.4 Å². The number of ether oxygens (including phenoxy) is 3. The van der Waals surface area contributed by atoms with Crippen LogP contribution in [0.3, 0.4) is 0 Å². The molecule has 1 aromatic carbocycles. The Balaban J connectivity index is 1.21. The van der Waals surface area contributed by atoms with Gasteiger partial charge in [-0.2, -0.15) is 0 Å². The van der Waals surface area contributed by atoms with Crippen molar-refractivity contribution in [2.75, 3.05) is 33.5 Å². The topological polar surface area (TPSA) is 198 Å². The van der Waals surface area contributed by atoms with Gasteiger partial charge in [0.15, 0.2) is 6.29 Å². The van der Waals surface area contributed by atoms with E-state index in [0.29, 0.717) is 36.7 Å². The Kier molecular flexibility index (Phi) is 14.8. The summed E-state index contributed by atoms with van der Waals surface area (Å²) in [5.74, 6) is 1.02. The van der Waals surface area contributed by atoms with Crippen molar-refractivity contribution in [3.05, 3.63) is 35.9 Å². The van der Waals surface area contributed by atoms with Gasteiger partial charge < -0.3 is 55.1 Å². The molecule has 16 atom stereocenters. The average molecular weight is 803 g/mol. The molecule has 5 aliphatic rings. The Morgan fingerprint density at radius 3 is 2.40 bits per heavy atom. The summed E-state index contributed by atoms with van der Waals surface area (Å²) in [7, 11) is 1.55. The number of fused-ring (bicyclic) bond motifs is 5. The number of rotatable bonds is 16. The van der Waals surface area contributed by atoms with Crippen LogP contribution in [0.15, 0.2) is 30.3 Å². The van der Waals surface area contributed by atoms with Gasteiger partial charge in [-0.25, -0.2) is 0 Å². The third kappa shape index (κ3) is 8.98. The van der Waals surface area contributed by atoms with E-state index in [-0.39, 0.29) is 61.4 Å². The fraction of sp³-hybridized carbons (Fsp3) is 0.818. The highest BCUT2D eigenvalue weighted by molar-refractivity contribution is 5.88. The number of benzene rings is 1. The Morgan fingerprint density at radius 2 is 1.68 bits per heavy atom. The average Bonchev–Trinajstić information content (AvgIpc) is 3.57. The number of hydrogen-bond acceptors (Lipinski definition) is 11. The van der Waals surface area contributed by atoms with E-state index in [4.69, 9.17) is 14.2 Å². The summed E-state index contributed by atoms with van der Waals surface area (Å²) in [5, 5.41) is 69.0. The van der Waals surface area contributed by atoms with E-state index >= 15 is 0 Å². The third-order valence-corrected chi connectivity index (χ3v) is 15.7. The number of nitrogens with one attached hydrogen (secondary N) is 1. The van der Waals surface area contributed by atoms with Crippen LogP contribution >= 0.6 is 0 Å². The number of amides is 2. The molecule has 13 unspecified atom stereocenters. The molecule has 13 heteroatoms. The zero-order valence-corrected chi connectivity index (χ0v) is 34.5. The first-order valence-corrected chi connectivity index (χ1v) is 21.6. The first-order chi connectivity index (χ1) is 27.3. The van der Waals surface area contributed by atoms with Crippen LogP contribution in [-0.2, 0) is 30.3 Å². The Labute approximate surface area is 338 Å². The minimum absolute atomic E-state index is 0.00883. The maximum atomic E-state index is 14.7. The maximum Gasteiger partial charge on any atom is 0.243 e. The van der Waals surface area contributed by atoms with Crippen molar-refractivity contribution in [1.29, 1.82) is 0 Å². The van der Waals surface area contributed by atoms with Gasteiger partial charge in [-0.15, -0.1) is 0 Å². The lowest BCUT2D eigenvalue weighted by Crippen LogP contribution is -2.68. The molecule has 1 aromatic rings. The summed E-state index contributed by atoms with van der Waals surface area (Å²) in [4.78, 5) is 30.0. The molecule has 2 amide bonds. The zero-order valence-electron chi connectivity index (χ0n) is 34.5. The molecule has 57 heavy (non-hydrogen) atoms. The molecule has 7 N–H and O–H groups in total. The van der Waals surface area contributed by atoms with Gasteiger partial charge in [-0.05, 0) is 110 Å². The number of aliphatic hydroxyl groups is 6. The Bertz CT molecular complexity index is 1470. The van der Waals surface area contributed by atoms with Crippen LogP contribution in [-0.4, -0.2) is 130 Å². The van der Waals surface area contributed by atoms with Gasteiger partial charge in [-0.1, -0.05) is 51.1 Å². The SMILES string of the molecule is COCCOCCC(C(=O)NCc1ccccc1)N(C(=O)CCC(C)C1CCC2C3CCC4CC(O)CCC4(C)C3CC(O)C12C)C1[C@H](O)OC(CO)[C@@H](O)[C@H]1O. The summed E-state index contributed by atoms with van der Waals surface area (Å²) < 4.78 is 16.4. The minimum atomic E-state index is -1.80. The predicted molar refractivity (Wildman–Crippen MR) is 211 cm³/mol. The summed E-state index contributed by atoms with van der Waals surface area (Å²) in [5.41, 5.74) is 0.660. The number of methoxy groups -OCH3 is 1. The normalized spacial score (nSPS) is 40.0. The summed E-state index contributed by atoms with van der Waals surface area (Å²) in [6.07, 6.45) is 1.01. The van der Waals surface area contributed by atoms with Crippen molar-refractivity contribution in [2.45, 2.75) is 147 Å². The van der Waals surface area contributed by atoms with Gasteiger partial charge >= 0.3 is 0 Å². The van der Waals surface area contributed by atoms with Gasteiger partial charge in [0.25, 0.3) is 0 Å². The van der Waals surface area contributed by atoms with Crippen molar-refractivity contribution in [1.82, 2.24) is 10.2 Å². The Hall–Kier alpha value is -2.20. The fourth-order valence-electron chi connectivity index (χ4n) is 12.5. The maximum absolute atomic E-state index is 14.7. The van der Waals surface area contributed by atoms with Crippen molar-refractivity contribution >= 4 is 11.8 Å². The molecule has 0 radical (unpaired) electrons. The lowest BCUT2D eigenvalue weighted by Gasteiger charge is -2.62. The quantitative estimate of drug-likeness (QED) is 0.121. The largest absolute Gasteiger partial charge is 0.394 e. The molecule has 1 heterocycles. The number of hydrogen-bond donors (Lipinski definition) is 7. The zero-order chi connectivity index (χ0) is 41.1. The number of aliphatic hydroxyl groups excluding tert-OH is 6. The molecule has 0 spiro atoms. The minimum Gasteiger partial charge on any atom is -0.394 e. The molecule has 1 aliphatic heterocycles. The first kappa shape index (κ1) is 44.4. The number of carbonyl (C=O) groups is 2. The molecule has 322 valence electrons. The van der Waals surface area contributed by atoms with Crippen LogP contribution in [0.2, 0.25) is 0 Å². The van der Waals surface area contributed by atoms with Crippen LogP contribution < -0.4 is 5.32 Å². The van der Waals surface area contributed by atoms with Crippen molar-refractivity contribution in [3.63, 3.8) is 0 Å². The van der Waals surface area contributed by atoms with Crippen molar-refractivity contribution in [3.8, 4) is 0 Å². The monoisotopic (exact) mass is 802 g/mol. The molecule has 1 saturated heterocycles. The standard InChI is InChI=1S/C44H70N2O11/c1-26(31-13-14-32-30-12-11-28-22-29(48)16-18-43(28,2)33(30)23-36(49)44(31,32)3)10-15-37(50)46(38-40(52)39(51)35(25-47)57-42(38)54)34(17-19-56-21-20-55-4)41(53)45-24-27-8-6-5-7-9-27/h5-9,26,28-36,38-40,42,47-49,51-52,54H,10-25H2,1-4H3,(H,45,53)/t26?,28?,29?,30?,31?,32?,33?,34?,35?,36?,38?,39-,40+,42-,43?,44?/m1/s1. The van der Waals surface area contributed by atoms with E-state index < -0.39 is 61.2 Å². The van der Waals surface area contributed by atoms with Gasteiger partial charge in [-0.3, -0.25) is 9.59 Å². The van der Waals surface area contributed by atoms with E-state index in [9.17, 15) is 40.2 Å². The molecular weight excluding hydrogens is 732 g/mol. The molecular formula is C44H70N2O11. The molecule has 0 aromatic heterocycles. The van der Waals surface area contributed by atoms with E-state index in [1.807, 2.05) is 30.3 Å². The molecule has 4 saturated carbocycles. The third-order valence-electron chi connectivity index (χ3n) is 15.7. The second-order valence-corrected chi connectivity index (χ2v) is 18.5. The highest BCUT2D eigenvalue weighted by Crippen LogP contribution is 2.68. The van der Waals surface area contributed by atoms with Crippen molar-refractivity contribution in [2.24, 2.45) is 46.3 Å². The van der Waals surface area contributed by atoms with Crippen LogP contribution in [0.5, 0.6) is 0 Å². The smallest absolute Gasteiger partial charge is 0.243 e. The lowest BCUT2D eigenvalue weighted by atomic mass is 9.43. The number of carbonyl (C=O) groups excluding carboxylic acids is 2. The molecule has 4 aliphatic carbocycles. The Morgan fingerprint density at radius 1 is 0.930 bits per heavy atom.